The fraction of sp³-hybridized carbons (Fsp3) is 0.211. The number of hydrogen-bond acceptors (Lipinski definition) is 5. The molecule has 0 saturated heterocycles. The monoisotopic (exact) mass is 408 g/mol. The number of methoxy groups -OCH3 is 2. The second kappa shape index (κ2) is 8.85. The molecule has 0 bridgehead atoms. The molecular weight excluding hydrogens is 387 g/mol. The minimum Gasteiger partial charge on any atom is -0.493 e. The first-order valence-corrected chi connectivity index (χ1v) is 9.63. The van der Waals surface area contributed by atoms with E-state index in [9.17, 15) is 17.6 Å². The molecule has 1 N–H and O–H groups in total. The lowest BCUT2D eigenvalue weighted by atomic mass is 10.1. The average molecular weight is 408 g/mol. The van der Waals surface area contributed by atoms with Gasteiger partial charge in [0.2, 0.25) is 10.0 Å². The maximum atomic E-state index is 14.1. The number of carbonyl (C=O) groups excluding carboxylic acids is 1. The van der Waals surface area contributed by atoms with Crippen molar-refractivity contribution in [3.05, 3.63) is 60.4 Å². The third-order valence-corrected chi connectivity index (χ3v) is 5.38. The molecule has 9 heteroatoms. The molecule has 0 atom stereocenters. The third kappa shape index (κ3) is 4.49. The van der Waals surface area contributed by atoms with Crippen LogP contribution >= 0.6 is 0 Å². The summed E-state index contributed by atoms with van der Waals surface area (Å²) < 4.78 is 51.1. The van der Waals surface area contributed by atoms with Crippen molar-refractivity contribution in [3.8, 4) is 11.5 Å². The van der Waals surface area contributed by atoms with Crippen LogP contribution in [-0.4, -0.2) is 42.1 Å². The first-order valence-electron chi connectivity index (χ1n) is 8.15. The van der Waals surface area contributed by atoms with Gasteiger partial charge in [0.05, 0.1) is 14.2 Å². The molecule has 0 spiro atoms. The van der Waals surface area contributed by atoms with Crippen LogP contribution in [0, 0.1) is 5.82 Å². The van der Waals surface area contributed by atoms with E-state index in [0.29, 0.717) is 17.2 Å². The molecule has 2 aromatic carbocycles. The van der Waals surface area contributed by atoms with Crippen LogP contribution in [0.5, 0.6) is 11.5 Å². The number of halogens is 1. The van der Waals surface area contributed by atoms with E-state index < -0.39 is 26.6 Å². The van der Waals surface area contributed by atoms with Crippen LogP contribution in [-0.2, 0) is 10.0 Å². The Bertz CT molecular complexity index is 992. The van der Waals surface area contributed by atoms with Gasteiger partial charge in [-0.1, -0.05) is 6.08 Å². The van der Waals surface area contributed by atoms with Gasteiger partial charge in [-0.25, -0.2) is 17.5 Å². The van der Waals surface area contributed by atoms with E-state index in [1.807, 2.05) is 0 Å². The molecule has 0 aliphatic rings. The lowest BCUT2D eigenvalue weighted by Gasteiger charge is -2.19. The number of nitrogens with one attached hydrogen (secondary N) is 1. The van der Waals surface area contributed by atoms with Crippen LogP contribution in [0.25, 0.3) is 0 Å². The lowest BCUT2D eigenvalue weighted by Crippen LogP contribution is -2.28. The predicted molar refractivity (Wildman–Crippen MR) is 104 cm³/mol. The van der Waals surface area contributed by atoms with E-state index in [1.54, 1.807) is 18.2 Å². The van der Waals surface area contributed by atoms with Crippen molar-refractivity contribution in [2.24, 2.45) is 0 Å². The molecule has 7 nitrogen and oxygen atoms in total. The Labute approximate surface area is 163 Å². The highest BCUT2D eigenvalue weighted by molar-refractivity contribution is 7.89. The maximum absolute atomic E-state index is 14.1. The zero-order valence-electron chi connectivity index (χ0n) is 15.7. The van der Waals surface area contributed by atoms with Gasteiger partial charge in [0.15, 0.2) is 11.5 Å². The van der Waals surface area contributed by atoms with E-state index in [1.165, 1.54) is 38.3 Å². The summed E-state index contributed by atoms with van der Waals surface area (Å²) in [6.45, 7) is 3.34. The van der Waals surface area contributed by atoms with Gasteiger partial charge in [-0.2, -0.15) is 0 Å². The van der Waals surface area contributed by atoms with Crippen molar-refractivity contribution >= 4 is 21.6 Å². The first-order chi connectivity index (χ1) is 13.2. The van der Waals surface area contributed by atoms with Gasteiger partial charge >= 0.3 is 0 Å². The summed E-state index contributed by atoms with van der Waals surface area (Å²) in [4.78, 5) is 13.5. The first kappa shape index (κ1) is 21.4. The molecule has 0 radical (unpaired) electrons. The highest BCUT2D eigenvalue weighted by atomic mass is 32.2. The van der Waals surface area contributed by atoms with Gasteiger partial charge in [-0.15, -0.1) is 6.58 Å². The minimum absolute atomic E-state index is 0.0117. The van der Waals surface area contributed by atoms with Gasteiger partial charge in [-0.3, -0.25) is 4.79 Å². The standard InChI is InChI=1S/C19H21FN2O5S/c1-5-10-21-28(24,25)18-11-13(6-8-15(18)20)19(23)22(2)14-7-9-16(26-3)17(12-14)27-4/h5-9,11-12,21H,1,10H2,2-4H3. The molecule has 0 aromatic heterocycles. The summed E-state index contributed by atoms with van der Waals surface area (Å²) in [5.74, 6) is -0.555. The van der Waals surface area contributed by atoms with Crippen molar-refractivity contribution in [1.29, 1.82) is 0 Å². The second-order valence-electron chi connectivity index (χ2n) is 5.69. The molecule has 0 aliphatic heterocycles. The smallest absolute Gasteiger partial charge is 0.258 e. The van der Waals surface area contributed by atoms with E-state index in [4.69, 9.17) is 9.47 Å². The molecule has 28 heavy (non-hydrogen) atoms. The zero-order valence-corrected chi connectivity index (χ0v) is 16.5. The second-order valence-corrected chi connectivity index (χ2v) is 7.42. The van der Waals surface area contributed by atoms with Crippen LogP contribution in [0.2, 0.25) is 0 Å². The van der Waals surface area contributed by atoms with E-state index in [-0.39, 0.29) is 12.1 Å². The van der Waals surface area contributed by atoms with Crippen molar-refractivity contribution in [2.75, 3.05) is 32.7 Å². The molecule has 0 saturated carbocycles. The number of amides is 1. The van der Waals surface area contributed by atoms with Gasteiger partial charge in [0, 0.05) is 30.9 Å². The highest BCUT2D eigenvalue weighted by Gasteiger charge is 2.22. The topological polar surface area (TPSA) is 84.9 Å². The van der Waals surface area contributed by atoms with E-state index >= 15 is 0 Å². The summed E-state index contributed by atoms with van der Waals surface area (Å²) in [6.07, 6.45) is 1.33. The van der Waals surface area contributed by atoms with Crippen LogP contribution < -0.4 is 19.1 Å². The minimum atomic E-state index is -4.12. The molecule has 2 rings (SSSR count). The summed E-state index contributed by atoms with van der Waals surface area (Å²) in [5, 5.41) is 0. The normalized spacial score (nSPS) is 11.0. The Hall–Kier alpha value is -2.91. The Morgan fingerprint density at radius 3 is 2.46 bits per heavy atom. The van der Waals surface area contributed by atoms with Gasteiger partial charge in [0.1, 0.15) is 10.7 Å². The summed E-state index contributed by atoms with van der Waals surface area (Å²) in [7, 11) is 0.351. The molecule has 0 heterocycles. The maximum Gasteiger partial charge on any atom is 0.258 e. The van der Waals surface area contributed by atoms with Crippen LogP contribution in [0.1, 0.15) is 10.4 Å². The molecule has 0 fully saturated rings. The fourth-order valence-corrected chi connectivity index (χ4v) is 3.53. The van der Waals surface area contributed by atoms with Crippen LogP contribution in [0.4, 0.5) is 10.1 Å². The molecule has 2 aromatic rings. The summed E-state index contributed by atoms with van der Waals surface area (Å²) >= 11 is 0. The lowest BCUT2D eigenvalue weighted by molar-refractivity contribution is 0.0992. The number of carbonyl (C=O) groups is 1. The number of ether oxygens (including phenoxy) is 2. The molecular formula is C19H21FN2O5S. The van der Waals surface area contributed by atoms with Gasteiger partial charge < -0.3 is 14.4 Å². The number of rotatable bonds is 8. The van der Waals surface area contributed by atoms with Crippen molar-refractivity contribution < 1.29 is 27.1 Å². The number of nitrogens with zero attached hydrogens (tertiary/aromatic N) is 1. The number of sulfonamides is 1. The zero-order chi connectivity index (χ0) is 20.9. The number of anilines is 1. The van der Waals surface area contributed by atoms with Crippen molar-refractivity contribution in [1.82, 2.24) is 4.72 Å². The van der Waals surface area contributed by atoms with Gasteiger partial charge in [-0.05, 0) is 30.3 Å². The van der Waals surface area contributed by atoms with Crippen LogP contribution in [0.15, 0.2) is 53.9 Å². The fourth-order valence-electron chi connectivity index (χ4n) is 2.43. The molecule has 1 amide bonds. The van der Waals surface area contributed by atoms with Gasteiger partial charge in [0.25, 0.3) is 5.91 Å². The predicted octanol–water partition coefficient (Wildman–Crippen LogP) is 2.58. The van der Waals surface area contributed by atoms with E-state index in [2.05, 4.69) is 11.3 Å². The largest absolute Gasteiger partial charge is 0.493 e. The molecule has 0 aliphatic carbocycles. The SMILES string of the molecule is C=CCNS(=O)(=O)c1cc(C(=O)N(C)c2ccc(OC)c(OC)c2)ccc1F. The Balaban J connectivity index is 2.39. The summed E-state index contributed by atoms with van der Waals surface area (Å²) in [6, 6.07) is 8.05. The number of benzene rings is 2. The average Bonchev–Trinajstić information content (AvgIpc) is 2.70. The molecule has 150 valence electrons. The number of hydrogen-bond donors (Lipinski definition) is 1. The van der Waals surface area contributed by atoms with Crippen LogP contribution in [0.3, 0.4) is 0 Å². The Kier molecular flexibility index (Phi) is 6.76. The van der Waals surface area contributed by atoms with Crippen molar-refractivity contribution in [3.63, 3.8) is 0 Å². The molecule has 0 unspecified atom stereocenters. The van der Waals surface area contributed by atoms with Crippen molar-refractivity contribution in [2.45, 2.75) is 4.90 Å². The van der Waals surface area contributed by atoms with E-state index in [0.717, 1.165) is 12.1 Å². The summed E-state index contributed by atoms with van der Waals surface area (Å²) in [5.41, 5.74) is 0.499. The third-order valence-electron chi connectivity index (χ3n) is 3.94. The highest BCUT2D eigenvalue weighted by Crippen LogP contribution is 2.31. The Morgan fingerprint density at radius 2 is 1.86 bits per heavy atom. The Morgan fingerprint density at radius 1 is 1.18 bits per heavy atom. The quantitative estimate of drug-likeness (QED) is 0.679.